The van der Waals surface area contributed by atoms with Gasteiger partial charge in [0.2, 0.25) is 11.8 Å². The van der Waals surface area contributed by atoms with E-state index in [9.17, 15) is 9.59 Å². The van der Waals surface area contributed by atoms with E-state index in [1.54, 1.807) is 0 Å². The third-order valence-electron chi connectivity index (χ3n) is 4.56. The molecule has 1 aliphatic carbocycles. The van der Waals surface area contributed by atoms with Gasteiger partial charge in [-0.1, -0.05) is 19.3 Å². The number of amides is 2. The molecule has 2 rings (SSSR count). The van der Waals surface area contributed by atoms with E-state index < -0.39 is 5.54 Å². The number of halogens is 1. The molecule has 21 heavy (non-hydrogen) atoms. The number of rotatable bonds is 5. The van der Waals surface area contributed by atoms with Gasteiger partial charge < -0.3 is 16.0 Å². The number of carbonyl (C=O) groups is 2. The molecule has 0 aromatic heterocycles. The highest BCUT2D eigenvalue weighted by Gasteiger charge is 2.39. The minimum absolute atomic E-state index is 0. The Bertz CT molecular complexity index is 351. The minimum Gasteiger partial charge on any atom is -0.354 e. The smallest absolute Gasteiger partial charge is 0.245 e. The van der Waals surface area contributed by atoms with Gasteiger partial charge in [-0.3, -0.25) is 9.59 Å². The van der Waals surface area contributed by atoms with Gasteiger partial charge >= 0.3 is 0 Å². The highest BCUT2D eigenvalue weighted by atomic mass is 35.5. The van der Waals surface area contributed by atoms with Gasteiger partial charge in [-0.2, -0.15) is 0 Å². The van der Waals surface area contributed by atoms with Gasteiger partial charge in [-0.05, 0) is 44.7 Å². The second-order valence-electron chi connectivity index (χ2n) is 6.23. The molecule has 2 aliphatic rings. The Hall–Kier alpha value is -0.810. The summed E-state index contributed by atoms with van der Waals surface area (Å²) >= 11 is 0. The summed E-state index contributed by atoms with van der Waals surface area (Å²) < 4.78 is 0. The predicted octanol–water partition coefficient (Wildman–Crippen LogP) is 1.36. The van der Waals surface area contributed by atoms with Crippen molar-refractivity contribution in [2.24, 2.45) is 5.92 Å². The molecule has 2 fully saturated rings. The largest absolute Gasteiger partial charge is 0.354 e. The summed E-state index contributed by atoms with van der Waals surface area (Å²) in [7, 11) is 0. The van der Waals surface area contributed by atoms with Gasteiger partial charge in [0.1, 0.15) is 5.54 Å². The third-order valence-corrected chi connectivity index (χ3v) is 4.56. The van der Waals surface area contributed by atoms with Crippen molar-refractivity contribution in [3.8, 4) is 0 Å². The van der Waals surface area contributed by atoms with Crippen LogP contribution in [0.3, 0.4) is 0 Å². The molecule has 1 aliphatic heterocycles. The Labute approximate surface area is 133 Å². The Morgan fingerprint density at radius 3 is 2.52 bits per heavy atom. The lowest BCUT2D eigenvalue weighted by Crippen LogP contribution is -2.59. The Balaban J connectivity index is 0.00000220. The molecule has 0 radical (unpaired) electrons. The van der Waals surface area contributed by atoms with E-state index in [1.807, 2.05) is 0 Å². The molecule has 1 saturated carbocycles. The molecule has 0 bridgehead atoms. The summed E-state index contributed by atoms with van der Waals surface area (Å²) in [6, 6.07) is 0. The molecule has 0 spiro atoms. The lowest BCUT2D eigenvalue weighted by atomic mass is 9.80. The maximum Gasteiger partial charge on any atom is 0.245 e. The quantitative estimate of drug-likeness (QED) is 0.717. The van der Waals surface area contributed by atoms with Crippen molar-refractivity contribution in [2.75, 3.05) is 19.6 Å². The van der Waals surface area contributed by atoms with E-state index in [0.717, 1.165) is 51.6 Å². The van der Waals surface area contributed by atoms with Gasteiger partial charge in [-0.25, -0.2) is 0 Å². The number of carbonyl (C=O) groups excluding carboxylic acids is 2. The first kappa shape index (κ1) is 18.2. The summed E-state index contributed by atoms with van der Waals surface area (Å²) in [4.78, 5) is 23.9. The molecule has 122 valence electrons. The van der Waals surface area contributed by atoms with Crippen LogP contribution in [-0.4, -0.2) is 37.0 Å². The second-order valence-corrected chi connectivity index (χ2v) is 6.23. The van der Waals surface area contributed by atoms with Crippen LogP contribution in [0.15, 0.2) is 0 Å². The molecule has 0 aromatic rings. The first-order valence-electron chi connectivity index (χ1n) is 7.90. The SMILES string of the molecule is CC(=O)NC1(C(=O)NCCC2CCNC2)CCCCC1.Cl. The normalized spacial score (nSPS) is 24.0. The van der Waals surface area contributed by atoms with Crippen molar-refractivity contribution in [1.82, 2.24) is 16.0 Å². The van der Waals surface area contributed by atoms with E-state index >= 15 is 0 Å². The average molecular weight is 318 g/mol. The first-order chi connectivity index (χ1) is 9.62. The van der Waals surface area contributed by atoms with Crippen LogP contribution in [0.4, 0.5) is 0 Å². The fraction of sp³-hybridized carbons (Fsp3) is 0.867. The molecule has 2 amide bonds. The van der Waals surface area contributed by atoms with Crippen molar-refractivity contribution in [2.45, 2.75) is 57.4 Å². The highest BCUT2D eigenvalue weighted by Crippen LogP contribution is 2.28. The second kappa shape index (κ2) is 8.59. The van der Waals surface area contributed by atoms with Crippen molar-refractivity contribution in [1.29, 1.82) is 0 Å². The van der Waals surface area contributed by atoms with Crippen LogP contribution in [-0.2, 0) is 9.59 Å². The monoisotopic (exact) mass is 317 g/mol. The number of nitrogens with one attached hydrogen (secondary N) is 3. The molecule has 5 nitrogen and oxygen atoms in total. The van der Waals surface area contributed by atoms with Crippen molar-refractivity contribution >= 4 is 24.2 Å². The summed E-state index contributed by atoms with van der Waals surface area (Å²) in [6.07, 6.45) is 6.94. The van der Waals surface area contributed by atoms with Crippen LogP contribution < -0.4 is 16.0 Å². The molecular formula is C15H28ClN3O2. The van der Waals surface area contributed by atoms with Gasteiger partial charge in [0.15, 0.2) is 0 Å². The summed E-state index contributed by atoms with van der Waals surface area (Å²) in [5, 5.41) is 9.29. The van der Waals surface area contributed by atoms with Crippen LogP contribution in [0.1, 0.15) is 51.9 Å². The fourth-order valence-corrected chi connectivity index (χ4v) is 3.42. The van der Waals surface area contributed by atoms with Crippen LogP contribution in [0.5, 0.6) is 0 Å². The number of hydrogen-bond acceptors (Lipinski definition) is 3. The maximum atomic E-state index is 12.5. The number of hydrogen-bond donors (Lipinski definition) is 3. The van der Waals surface area contributed by atoms with Gasteiger partial charge in [0.05, 0.1) is 0 Å². The van der Waals surface area contributed by atoms with Gasteiger partial charge in [-0.15, -0.1) is 12.4 Å². The van der Waals surface area contributed by atoms with Crippen LogP contribution in [0.25, 0.3) is 0 Å². The standard InChI is InChI=1S/C15H27N3O2.ClH/c1-12(19)18-15(7-3-2-4-8-15)14(20)17-10-6-13-5-9-16-11-13;/h13,16H,2-11H2,1H3,(H,17,20)(H,18,19);1H. The van der Waals surface area contributed by atoms with E-state index in [1.165, 1.54) is 13.3 Å². The molecule has 1 heterocycles. The van der Waals surface area contributed by atoms with E-state index in [-0.39, 0.29) is 24.2 Å². The van der Waals surface area contributed by atoms with Gasteiger partial charge in [0, 0.05) is 13.5 Å². The van der Waals surface area contributed by atoms with E-state index in [2.05, 4.69) is 16.0 Å². The molecule has 1 atom stereocenters. The molecule has 1 saturated heterocycles. The molecule has 0 aromatic carbocycles. The average Bonchev–Trinajstić information content (AvgIpc) is 2.92. The lowest BCUT2D eigenvalue weighted by Gasteiger charge is -2.36. The van der Waals surface area contributed by atoms with Crippen molar-refractivity contribution < 1.29 is 9.59 Å². The summed E-state index contributed by atoms with van der Waals surface area (Å²) in [5.74, 6) is 0.582. The van der Waals surface area contributed by atoms with E-state index in [4.69, 9.17) is 0 Å². The maximum absolute atomic E-state index is 12.5. The van der Waals surface area contributed by atoms with Crippen molar-refractivity contribution in [3.05, 3.63) is 0 Å². The fourth-order valence-electron chi connectivity index (χ4n) is 3.42. The zero-order chi connectivity index (χ0) is 14.4. The minimum atomic E-state index is -0.655. The molecular weight excluding hydrogens is 290 g/mol. The summed E-state index contributed by atoms with van der Waals surface area (Å²) in [5.41, 5.74) is -0.655. The Kier molecular flexibility index (Phi) is 7.46. The Morgan fingerprint density at radius 1 is 1.24 bits per heavy atom. The zero-order valence-electron chi connectivity index (χ0n) is 12.9. The highest BCUT2D eigenvalue weighted by molar-refractivity contribution is 5.91. The summed E-state index contributed by atoms with van der Waals surface area (Å²) in [6.45, 7) is 4.36. The predicted molar refractivity (Wildman–Crippen MR) is 85.5 cm³/mol. The zero-order valence-corrected chi connectivity index (χ0v) is 13.7. The van der Waals surface area contributed by atoms with Crippen LogP contribution in [0.2, 0.25) is 0 Å². The third kappa shape index (κ3) is 5.15. The topological polar surface area (TPSA) is 70.2 Å². The Morgan fingerprint density at radius 2 is 1.95 bits per heavy atom. The molecule has 3 N–H and O–H groups in total. The first-order valence-corrected chi connectivity index (χ1v) is 7.90. The molecule has 6 heteroatoms. The van der Waals surface area contributed by atoms with Crippen LogP contribution in [0, 0.1) is 5.92 Å². The van der Waals surface area contributed by atoms with Crippen LogP contribution >= 0.6 is 12.4 Å². The van der Waals surface area contributed by atoms with Crippen molar-refractivity contribution in [3.63, 3.8) is 0 Å². The van der Waals surface area contributed by atoms with Gasteiger partial charge in [0.25, 0.3) is 0 Å². The lowest BCUT2D eigenvalue weighted by molar-refractivity contribution is -0.134. The molecule has 1 unspecified atom stereocenters. The van der Waals surface area contributed by atoms with E-state index in [0.29, 0.717) is 12.5 Å².